The van der Waals surface area contributed by atoms with E-state index in [1.165, 1.54) is 6.92 Å². The van der Waals surface area contributed by atoms with Crippen LogP contribution >= 0.6 is 0 Å². The lowest BCUT2D eigenvalue weighted by atomic mass is 10.0. The molecule has 20 heavy (non-hydrogen) atoms. The van der Waals surface area contributed by atoms with Gasteiger partial charge in [0, 0.05) is 6.07 Å². The first-order chi connectivity index (χ1) is 9.23. The van der Waals surface area contributed by atoms with Crippen LogP contribution in [0.2, 0.25) is 0 Å². The molecule has 0 aliphatic carbocycles. The first kappa shape index (κ1) is 15.5. The summed E-state index contributed by atoms with van der Waals surface area (Å²) in [5.74, 6) is -2.17. The topological polar surface area (TPSA) is 122 Å². The molecule has 1 amide bonds. The Morgan fingerprint density at radius 3 is 2.50 bits per heavy atom. The average molecular weight is 281 g/mol. The van der Waals surface area contributed by atoms with E-state index in [2.05, 4.69) is 10.3 Å². The van der Waals surface area contributed by atoms with E-state index in [0.717, 1.165) is 12.3 Å². The van der Waals surface area contributed by atoms with Gasteiger partial charge in [0.25, 0.3) is 11.6 Å². The second kappa shape index (κ2) is 6.09. The Morgan fingerprint density at radius 2 is 2.05 bits per heavy atom. The highest BCUT2D eigenvalue weighted by Crippen LogP contribution is 2.15. The van der Waals surface area contributed by atoms with Crippen LogP contribution < -0.4 is 5.32 Å². The first-order valence-corrected chi connectivity index (χ1v) is 5.88. The number of carbonyl (C=O) groups is 2. The summed E-state index contributed by atoms with van der Waals surface area (Å²) in [4.78, 5) is 36.8. The van der Waals surface area contributed by atoms with Gasteiger partial charge in [0.05, 0.1) is 16.2 Å². The van der Waals surface area contributed by atoms with Gasteiger partial charge in [0.15, 0.2) is 0 Å². The molecule has 0 saturated heterocycles. The smallest absolute Gasteiger partial charge is 0.326 e. The van der Waals surface area contributed by atoms with E-state index < -0.39 is 22.8 Å². The zero-order valence-corrected chi connectivity index (χ0v) is 11.3. The number of carbonyl (C=O) groups excluding carboxylic acids is 1. The molecule has 1 atom stereocenters. The number of rotatable bonds is 5. The number of aliphatic carboxylic acids is 1. The van der Waals surface area contributed by atoms with E-state index in [1.54, 1.807) is 13.8 Å². The molecule has 0 aromatic carbocycles. The summed E-state index contributed by atoms with van der Waals surface area (Å²) in [6.45, 7) is 4.82. The molecule has 2 N–H and O–H groups in total. The van der Waals surface area contributed by atoms with Crippen LogP contribution in [-0.4, -0.2) is 32.9 Å². The SMILES string of the molecule is Cc1ncc([N+](=O)[O-])cc1C(=O)NC(C(=O)O)C(C)C. The largest absolute Gasteiger partial charge is 0.480 e. The van der Waals surface area contributed by atoms with Gasteiger partial charge >= 0.3 is 5.97 Å². The third-order valence-electron chi connectivity index (χ3n) is 2.75. The van der Waals surface area contributed by atoms with Crippen LogP contribution in [0.5, 0.6) is 0 Å². The Labute approximate surface area is 115 Å². The van der Waals surface area contributed by atoms with Gasteiger partial charge in [0.1, 0.15) is 12.2 Å². The van der Waals surface area contributed by atoms with Gasteiger partial charge in [-0.25, -0.2) is 4.79 Å². The lowest BCUT2D eigenvalue weighted by Crippen LogP contribution is -2.44. The molecule has 1 heterocycles. The van der Waals surface area contributed by atoms with E-state index in [0.29, 0.717) is 5.69 Å². The molecular weight excluding hydrogens is 266 g/mol. The second-order valence-corrected chi connectivity index (χ2v) is 4.62. The fourth-order valence-electron chi connectivity index (χ4n) is 1.58. The monoisotopic (exact) mass is 281 g/mol. The summed E-state index contributed by atoms with van der Waals surface area (Å²) in [6, 6.07) is 0.0119. The number of amides is 1. The Morgan fingerprint density at radius 1 is 1.45 bits per heavy atom. The number of nitrogens with zero attached hydrogens (tertiary/aromatic N) is 2. The maximum absolute atomic E-state index is 12.0. The molecule has 8 heteroatoms. The molecular formula is C12H15N3O5. The van der Waals surface area contributed by atoms with Gasteiger partial charge in [-0.05, 0) is 12.8 Å². The lowest BCUT2D eigenvalue weighted by molar-refractivity contribution is -0.385. The number of nitro groups is 1. The fourth-order valence-corrected chi connectivity index (χ4v) is 1.58. The molecule has 8 nitrogen and oxygen atoms in total. The molecule has 0 radical (unpaired) electrons. The van der Waals surface area contributed by atoms with Crippen LogP contribution in [0.25, 0.3) is 0 Å². The number of aromatic nitrogens is 1. The normalized spacial score (nSPS) is 12.0. The van der Waals surface area contributed by atoms with Gasteiger partial charge in [0.2, 0.25) is 0 Å². The molecule has 0 aliphatic heterocycles. The molecule has 0 fully saturated rings. The minimum Gasteiger partial charge on any atom is -0.480 e. The molecule has 1 unspecified atom stereocenters. The molecule has 108 valence electrons. The molecule has 0 saturated carbocycles. The van der Waals surface area contributed by atoms with Gasteiger partial charge in [-0.3, -0.25) is 19.9 Å². The Balaban J connectivity index is 3.05. The number of nitrogens with one attached hydrogen (secondary N) is 1. The fraction of sp³-hybridized carbons (Fsp3) is 0.417. The van der Waals surface area contributed by atoms with E-state index in [4.69, 9.17) is 5.11 Å². The average Bonchev–Trinajstić information content (AvgIpc) is 2.34. The third-order valence-corrected chi connectivity index (χ3v) is 2.75. The number of hydrogen-bond acceptors (Lipinski definition) is 5. The number of carboxylic acid groups (broad SMARTS) is 1. The molecule has 1 aromatic rings. The van der Waals surface area contributed by atoms with Crippen molar-refractivity contribution in [3.05, 3.63) is 33.6 Å². The van der Waals surface area contributed by atoms with Crippen molar-refractivity contribution in [2.24, 2.45) is 5.92 Å². The minimum absolute atomic E-state index is 0.00824. The van der Waals surface area contributed by atoms with Gasteiger partial charge in [-0.2, -0.15) is 0 Å². The quantitative estimate of drug-likeness (QED) is 0.616. The van der Waals surface area contributed by atoms with Crippen LogP contribution in [0, 0.1) is 23.0 Å². The summed E-state index contributed by atoms with van der Waals surface area (Å²) < 4.78 is 0. The van der Waals surface area contributed by atoms with Crippen molar-refractivity contribution in [2.45, 2.75) is 26.8 Å². The third kappa shape index (κ3) is 3.50. The molecule has 1 aromatic heterocycles. The van der Waals surface area contributed by atoms with Crippen molar-refractivity contribution in [2.75, 3.05) is 0 Å². The van der Waals surface area contributed by atoms with Gasteiger partial charge in [-0.15, -0.1) is 0 Å². The van der Waals surface area contributed by atoms with Crippen molar-refractivity contribution in [1.82, 2.24) is 10.3 Å². The summed E-state index contributed by atoms with van der Waals surface area (Å²) >= 11 is 0. The summed E-state index contributed by atoms with van der Waals surface area (Å²) in [6.07, 6.45) is 1.04. The predicted octanol–water partition coefficient (Wildman–Crippen LogP) is 1.14. The standard InChI is InChI=1S/C12H15N3O5/c1-6(2)10(12(17)18)14-11(16)9-4-8(15(19)20)5-13-7(9)3/h4-6,10H,1-3H3,(H,14,16)(H,17,18). The van der Waals surface area contributed by atoms with E-state index in [1.807, 2.05) is 0 Å². The van der Waals surface area contributed by atoms with Crippen molar-refractivity contribution in [3.8, 4) is 0 Å². The van der Waals surface area contributed by atoms with Crippen LogP contribution in [0.15, 0.2) is 12.3 Å². The minimum atomic E-state index is -1.16. The van der Waals surface area contributed by atoms with Gasteiger partial charge in [-0.1, -0.05) is 13.8 Å². The predicted molar refractivity (Wildman–Crippen MR) is 69.4 cm³/mol. The Hall–Kier alpha value is -2.51. The number of pyridine rings is 1. The highest BCUT2D eigenvalue weighted by molar-refractivity contribution is 5.97. The maximum Gasteiger partial charge on any atom is 0.326 e. The zero-order valence-electron chi connectivity index (χ0n) is 11.3. The van der Waals surface area contributed by atoms with Crippen molar-refractivity contribution in [3.63, 3.8) is 0 Å². The molecule has 0 spiro atoms. The Kier molecular flexibility index (Phi) is 4.73. The van der Waals surface area contributed by atoms with Crippen LogP contribution in [0.3, 0.4) is 0 Å². The second-order valence-electron chi connectivity index (χ2n) is 4.62. The van der Waals surface area contributed by atoms with Crippen molar-refractivity contribution >= 4 is 17.6 Å². The summed E-state index contributed by atoms with van der Waals surface area (Å²) in [5.41, 5.74) is -0.0377. The highest BCUT2D eigenvalue weighted by Gasteiger charge is 2.25. The summed E-state index contributed by atoms with van der Waals surface area (Å²) in [5, 5.41) is 22.0. The van der Waals surface area contributed by atoms with Crippen molar-refractivity contribution in [1.29, 1.82) is 0 Å². The molecule has 0 aliphatic rings. The lowest BCUT2D eigenvalue weighted by Gasteiger charge is -2.18. The zero-order chi connectivity index (χ0) is 15.4. The summed E-state index contributed by atoms with van der Waals surface area (Å²) in [7, 11) is 0. The van der Waals surface area contributed by atoms with E-state index in [9.17, 15) is 19.7 Å². The van der Waals surface area contributed by atoms with Crippen LogP contribution in [0.1, 0.15) is 29.9 Å². The van der Waals surface area contributed by atoms with E-state index >= 15 is 0 Å². The van der Waals surface area contributed by atoms with Crippen LogP contribution in [-0.2, 0) is 4.79 Å². The maximum atomic E-state index is 12.0. The van der Waals surface area contributed by atoms with Crippen LogP contribution in [0.4, 0.5) is 5.69 Å². The van der Waals surface area contributed by atoms with Crippen molar-refractivity contribution < 1.29 is 19.6 Å². The van der Waals surface area contributed by atoms with E-state index in [-0.39, 0.29) is 17.2 Å². The number of aryl methyl sites for hydroxylation is 1. The molecule has 1 rings (SSSR count). The van der Waals surface area contributed by atoms with Gasteiger partial charge < -0.3 is 10.4 Å². The number of carboxylic acids is 1. The first-order valence-electron chi connectivity index (χ1n) is 5.88. The molecule has 0 bridgehead atoms. The highest BCUT2D eigenvalue weighted by atomic mass is 16.6. The Bertz CT molecular complexity index is 556. The number of hydrogen-bond donors (Lipinski definition) is 2.